The van der Waals surface area contributed by atoms with E-state index in [2.05, 4.69) is 46.4 Å². The van der Waals surface area contributed by atoms with Crippen LogP contribution in [0.5, 0.6) is 0 Å². The van der Waals surface area contributed by atoms with Gasteiger partial charge in [0, 0.05) is 75.6 Å². The second-order valence-electron chi connectivity index (χ2n) is 24.4. The Morgan fingerprint density at radius 1 is 0.444 bits per heavy atom. The normalized spacial score (nSPS) is 20.7. The number of hydrogen-bond acceptors (Lipinski definition) is 27. The Bertz CT molecular complexity index is 4160. The van der Waals surface area contributed by atoms with Crippen molar-refractivity contribution in [3.05, 3.63) is 178 Å². The molecule has 0 aliphatic carbocycles. The molecule has 1 fully saturated rings. The molecular formula is C78H104BrF11N10O17. The number of alkyl halides is 7. The first kappa shape index (κ1) is 105. The molecule has 0 saturated carbocycles. The molecule has 6 heterocycles. The van der Waals surface area contributed by atoms with Crippen molar-refractivity contribution < 1.29 is 130 Å². The van der Waals surface area contributed by atoms with E-state index in [-0.39, 0.29) is 120 Å². The summed E-state index contributed by atoms with van der Waals surface area (Å²) < 4.78 is 180. The van der Waals surface area contributed by atoms with Gasteiger partial charge in [0.15, 0.2) is 12.1 Å². The first-order valence-electron chi connectivity index (χ1n) is 34.1. The quantitative estimate of drug-likeness (QED) is 0.0131. The van der Waals surface area contributed by atoms with Crippen molar-refractivity contribution >= 4 is 75.3 Å². The number of amidine groups is 5. The molecule has 652 valence electrons. The van der Waals surface area contributed by atoms with Gasteiger partial charge < -0.3 is 67.0 Å². The summed E-state index contributed by atoms with van der Waals surface area (Å²) in [6.45, 7) is 17.0. The molecule has 5 atom stereocenters. The zero-order valence-corrected chi connectivity index (χ0v) is 63.3. The molecule has 6 aliphatic heterocycles. The average molecular weight is 1740 g/mol. The smallest absolute Gasteiger partial charge is 0.377 e. The Morgan fingerprint density at radius 3 is 1.01 bits per heavy atom. The minimum absolute atomic E-state index is 0. The number of aldehydes is 1. The van der Waals surface area contributed by atoms with E-state index in [0.717, 1.165) is 21.9 Å². The van der Waals surface area contributed by atoms with Gasteiger partial charge >= 0.3 is 34.8 Å². The zero-order chi connectivity index (χ0) is 81.9. The van der Waals surface area contributed by atoms with Crippen LogP contribution in [0.4, 0.5) is 48.3 Å². The fourth-order valence-corrected chi connectivity index (χ4v) is 11.5. The molecule has 6 aliphatic rings. The predicted octanol–water partition coefficient (Wildman–Crippen LogP) is 15.8. The fourth-order valence-electron chi connectivity index (χ4n) is 11.2. The lowest BCUT2D eigenvalue weighted by atomic mass is 10.0. The maximum Gasteiger partial charge on any atom is 0.377 e. The number of halogens is 12. The van der Waals surface area contributed by atoms with E-state index < -0.39 is 119 Å². The molecule has 5 aromatic carbocycles. The van der Waals surface area contributed by atoms with Crippen LogP contribution in [0.1, 0.15) is 149 Å². The highest BCUT2D eigenvalue weighted by Crippen LogP contribution is 2.43. The van der Waals surface area contributed by atoms with Gasteiger partial charge in [-0.15, -0.1) is 0 Å². The van der Waals surface area contributed by atoms with Gasteiger partial charge in [-0.2, -0.15) is 17.6 Å². The minimum Gasteiger partial charge on any atom is -0.460 e. The highest BCUT2D eigenvalue weighted by molar-refractivity contribution is 9.10. The summed E-state index contributed by atoms with van der Waals surface area (Å²) in [7, 11) is 0. The molecular weight excluding hydrogens is 1640 g/mol. The number of fused-ring (bicyclic) bond motifs is 1. The molecule has 0 aromatic heterocycles. The van der Waals surface area contributed by atoms with Crippen LogP contribution in [0.15, 0.2) is 147 Å². The highest BCUT2D eigenvalue weighted by Gasteiger charge is 2.55. The Balaban J connectivity index is 0.000000724. The molecule has 0 spiro atoms. The molecule has 0 radical (unpaired) electrons. The summed E-state index contributed by atoms with van der Waals surface area (Å²) in [5.74, 6) is -5.62. The van der Waals surface area contributed by atoms with Crippen LogP contribution in [0.2, 0.25) is 0 Å². The summed E-state index contributed by atoms with van der Waals surface area (Å²) in [5, 5.41) is 18.6. The fraction of sp³-hybridized carbons (Fsp3) is 0.487. The van der Waals surface area contributed by atoms with Crippen molar-refractivity contribution in [3.8, 4) is 0 Å². The lowest BCUT2D eigenvalue weighted by Crippen LogP contribution is -2.55. The molecule has 0 amide bonds. The minimum atomic E-state index is -3.30. The molecule has 5 unspecified atom stereocenters. The summed E-state index contributed by atoms with van der Waals surface area (Å²) in [4.78, 5) is 88.5. The summed E-state index contributed by atoms with van der Waals surface area (Å²) >= 11 is 2.24. The third kappa shape index (κ3) is 25.5. The average Bonchev–Trinajstić information content (AvgIpc) is 1.61. The molecule has 27 nitrogen and oxygen atoms in total. The van der Waals surface area contributed by atoms with Crippen molar-refractivity contribution in [2.75, 3.05) is 79.0 Å². The van der Waals surface area contributed by atoms with Crippen LogP contribution in [-0.2, 0) is 110 Å². The molecule has 0 bridgehead atoms. The number of rotatable bonds is 25. The maximum atomic E-state index is 13.5. The van der Waals surface area contributed by atoms with Gasteiger partial charge in [0.05, 0.1) is 52.6 Å². The van der Waals surface area contributed by atoms with Gasteiger partial charge in [-0.05, 0) is 118 Å². The Morgan fingerprint density at radius 2 is 0.718 bits per heavy atom. The number of esters is 4. The van der Waals surface area contributed by atoms with Crippen LogP contribution in [-0.4, -0.2) is 186 Å². The third-order valence-electron chi connectivity index (χ3n) is 16.9. The number of carbonyl (C=O) groups is 5. The number of ether oxygens (including phenoxy) is 7. The van der Waals surface area contributed by atoms with E-state index in [4.69, 9.17) is 52.6 Å². The second kappa shape index (κ2) is 45.4. The van der Waals surface area contributed by atoms with E-state index in [9.17, 15) is 72.3 Å². The van der Waals surface area contributed by atoms with Crippen LogP contribution in [0.25, 0.3) is 0 Å². The summed E-state index contributed by atoms with van der Waals surface area (Å²) in [6, 6.07) is 27.1. The topological polar surface area (TPSA) is 274 Å². The van der Waals surface area contributed by atoms with Crippen molar-refractivity contribution in [2.24, 2.45) is 25.8 Å². The predicted molar refractivity (Wildman–Crippen MR) is 416 cm³/mol. The van der Waals surface area contributed by atoms with Crippen LogP contribution in [0, 0.1) is 29.1 Å². The standard InChI is InChI=1S/C18H25FN2O5.C14H14BrF3N2O3.C14H15F3N2O3.C14H15FN2O4.C12H11F3N2O2.6CH4/c1-5-23-15(24-6-2)12-21-16(17(22)25-7-3)20-26-18(21,4)13-8-10-14(19)11-9-13;1-3-22-12(21)11-19-23-13(2,20(11)8-14(15,17)18)9-4-6-10(16)7-5-9;1-3-21-13(20)12-18-22-14(2,19(12)8-11(16)17)9-4-6-10(15)7-5-9;1-3-20-13(19)12-16-21-14(2,17(12)8-9-18)10-4-6-11(15)7-5-10;1-11(8-2-4-9(13)5-3-8)17-7-12(14,15)18-6-10(17)16-19-11;;;;;;/h8-11,15H,5-7,12H2,1-4H3;4-7H,3,8H2,1-2H3;4-7,11H,3,8H2,1-2H3;4-7,9H,3,8H2,1-2H3;2-5H,6-7H2,1H3;6*1H4. The largest absolute Gasteiger partial charge is 0.460 e. The van der Waals surface area contributed by atoms with Crippen molar-refractivity contribution in [3.63, 3.8) is 0 Å². The monoisotopic (exact) mass is 1740 g/mol. The number of benzene rings is 5. The van der Waals surface area contributed by atoms with E-state index >= 15 is 0 Å². The van der Waals surface area contributed by atoms with Crippen molar-refractivity contribution in [2.45, 2.75) is 173 Å². The molecule has 1 saturated heterocycles. The van der Waals surface area contributed by atoms with Gasteiger partial charge in [0.25, 0.3) is 29.8 Å². The van der Waals surface area contributed by atoms with Gasteiger partial charge in [-0.25, -0.2) is 49.9 Å². The van der Waals surface area contributed by atoms with Gasteiger partial charge in [-0.1, -0.05) is 131 Å². The number of hydrogen-bond donors (Lipinski definition) is 0. The van der Waals surface area contributed by atoms with E-state index in [1.165, 1.54) is 121 Å². The number of carbonyl (C=O) groups excluding carboxylic acids is 5. The zero-order valence-electron chi connectivity index (χ0n) is 61.7. The molecule has 5 aromatic rings. The molecule has 117 heavy (non-hydrogen) atoms. The summed E-state index contributed by atoms with van der Waals surface area (Å²) in [6.07, 6.45) is -5.94. The van der Waals surface area contributed by atoms with E-state index in [1.807, 2.05) is 13.8 Å². The SMILES string of the molecule is C.C.C.C.C.C.CC1(c2ccc(F)cc2)ON=C2COC(F)(F)CN21.CCOC(=O)C1=NOC(C)(c2ccc(F)cc2)N1CC(F)(F)Br.CCOC(=O)C1=NOC(C)(c2ccc(F)cc2)N1CC(F)F.CCOC(=O)C1=NOC(C)(c2ccc(F)cc2)N1CC(OCC)OCC.CCOC(=O)C1=NOC(C)(c2ccc(F)cc2)N1CC=O. The Kier molecular flexibility index (Phi) is 40.5. The van der Waals surface area contributed by atoms with Crippen LogP contribution in [0.3, 0.4) is 0 Å². The Hall–Kier alpha value is -10.4. The maximum absolute atomic E-state index is 13.5. The van der Waals surface area contributed by atoms with Gasteiger partial charge in [0.1, 0.15) is 48.5 Å². The second-order valence-corrected chi connectivity index (χ2v) is 25.6. The Labute approximate surface area is 682 Å². The first-order chi connectivity index (χ1) is 52.4. The van der Waals surface area contributed by atoms with Crippen LogP contribution < -0.4 is 0 Å². The lowest BCUT2D eigenvalue weighted by Gasteiger charge is -2.39. The van der Waals surface area contributed by atoms with Gasteiger partial charge in [-0.3, -0.25) is 19.6 Å². The molecule has 0 N–H and O–H groups in total. The first-order valence-corrected chi connectivity index (χ1v) is 34.9. The van der Waals surface area contributed by atoms with Crippen molar-refractivity contribution in [1.82, 2.24) is 24.5 Å². The number of oxime groups is 5. The van der Waals surface area contributed by atoms with Crippen molar-refractivity contribution in [1.29, 1.82) is 0 Å². The number of nitrogens with zero attached hydrogens (tertiary/aromatic N) is 10. The molecule has 39 heteroatoms. The molecule has 11 rings (SSSR count). The third-order valence-corrected chi connectivity index (χ3v) is 17.2. The van der Waals surface area contributed by atoms with E-state index in [1.54, 1.807) is 65.5 Å². The highest BCUT2D eigenvalue weighted by atomic mass is 79.9. The van der Waals surface area contributed by atoms with Gasteiger partial charge in [0.2, 0.25) is 28.6 Å². The summed E-state index contributed by atoms with van der Waals surface area (Å²) in [5.41, 5.74) is -3.90. The number of morpholine rings is 1. The van der Waals surface area contributed by atoms with E-state index in [0.29, 0.717) is 53.2 Å². The van der Waals surface area contributed by atoms with Crippen LogP contribution >= 0.6 is 15.9 Å². The lowest BCUT2D eigenvalue weighted by molar-refractivity contribution is -0.261.